The summed E-state index contributed by atoms with van der Waals surface area (Å²) in [5, 5.41) is 0. The highest BCUT2D eigenvalue weighted by atomic mass is 16.7. The Labute approximate surface area is 96.5 Å². The van der Waals surface area contributed by atoms with Crippen LogP contribution in [0.15, 0.2) is 24.3 Å². The van der Waals surface area contributed by atoms with Crippen LogP contribution in [-0.4, -0.2) is 19.3 Å². The van der Waals surface area contributed by atoms with Crippen molar-refractivity contribution in [2.75, 3.05) is 13.2 Å². The average molecular weight is 221 g/mol. The maximum atomic E-state index is 5.65. The normalized spacial score (nSPS) is 25.2. The average Bonchev–Trinajstić information content (AvgIpc) is 2.77. The predicted molar refractivity (Wildman–Crippen MR) is 63.2 cm³/mol. The Hall–Kier alpha value is -0.900. The van der Waals surface area contributed by atoms with Gasteiger partial charge in [0.05, 0.1) is 12.7 Å². The third-order valence-corrected chi connectivity index (χ3v) is 2.89. The third kappa shape index (κ3) is 2.43. The summed E-state index contributed by atoms with van der Waals surface area (Å²) in [7, 11) is 0. The van der Waals surface area contributed by atoms with Gasteiger partial charge in [-0.25, -0.2) is 0 Å². The molecule has 1 saturated heterocycles. The Morgan fingerprint density at radius 1 is 1.31 bits per heavy atom. The summed E-state index contributed by atoms with van der Waals surface area (Å²) in [6, 6.07) is 8.39. The van der Waals surface area contributed by atoms with Gasteiger partial charge in [-0.1, -0.05) is 38.1 Å². The third-order valence-electron chi connectivity index (χ3n) is 2.89. The number of benzene rings is 1. The van der Waals surface area contributed by atoms with Gasteiger partial charge < -0.3 is 15.2 Å². The second kappa shape index (κ2) is 4.95. The molecule has 2 rings (SSSR count). The fourth-order valence-corrected chi connectivity index (χ4v) is 1.78. The van der Waals surface area contributed by atoms with Crippen molar-refractivity contribution in [1.29, 1.82) is 0 Å². The molecule has 1 aromatic rings. The van der Waals surface area contributed by atoms with Gasteiger partial charge in [-0.3, -0.25) is 0 Å². The van der Waals surface area contributed by atoms with Crippen molar-refractivity contribution in [3.05, 3.63) is 35.4 Å². The van der Waals surface area contributed by atoms with Gasteiger partial charge in [0.25, 0.3) is 0 Å². The number of rotatable bonds is 3. The zero-order valence-corrected chi connectivity index (χ0v) is 9.85. The SMILES string of the molecule is CC(C)c1ccc(C2OCC(CN)O2)cc1. The van der Waals surface area contributed by atoms with E-state index in [2.05, 4.69) is 38.1 Å². The van der Waals surface area contributed by atoms with Crippen LogP contribution in [-0.2, 0) is 9.47 Å². The Morgan fingerprint density at radius 3 is 2.50 bits per heavy atom. The summed E-state index contributed by atoms with van der Waals surface area (Å²) in [4.78, 5) is 0. The first-order chi connectivity index (χ1) is 7.70. The second-order valence-electron chi connectivity index (χ2n) is 4.48. The van der Waals surface area contributed by atoms with Crippen LogP contribution in [0.25, 0.3) is 0 Å². The number of hydrogen-bond acceptors (Lipinski definition) is 3. The van der Waals surface area contributed by atoms with Crippen LogP contribution in [0.3, 0.4) is 0 Å². The van der Waals surface area contributed by atoms with E-state index in [1.165, 1.54) is 5.56 Å². The fourth-order valence-electron chi connectivity index (χ4n) is 1.78. The lowest BCUT2D eigenvalue weighted by Crippen LogP contribution is -2.21. The molecular formula is C13H19NO2. The summed E-state index contributed by atoms with van der Waals surface area (Å²) in [6.45, 7) is 5.47. The highest BCUT2D eigenvalue weighted by Gasteiger charge is 2.25. The van der Waals surface area contributed by atoms with Crippen molar-refractivity contribution >= 4 is 0 Å². The summed E-state index contributed by atoms with van der Waals surface area (Å²) in [5.74, 6) is 0.552. The van der Waals surface area contributed by atoms with Crippen molar-refractivity contribution in [2.24, 2.45) is 5.73 Å². The number of nitrogens with two attached hydrogens (primary N) is 1. The Kier molecular flexibility index (Phi) is 3.59. The van der Waals surface area contributed by atoms with Gasteiger partial charge in [-0.15, -0.1) is 0 Å². The highest BCUT2D eigenvalue weighted by molar-refractivity contribution is 5.25. The minimum atomic E-state index is -0.241. The quantitative estimate of drug-likeness (QED) is 0.850. The van der Waals surface area contributed by atoms with E-state index in [4.69, 9.17) is 15.2 Å². The van der Waals surface area contributed by atoms with Gasteiger partial charge in [0.1, 0.15) is 0 Å². The zero-order valence-electron chi connectivity index (χ0n) is 9.85. The molecule has 2 N–H and O–H groups in total. The molecule has 0 bridgehead atoms. The lowest BCUT2D eigenvalue weighted by molar-refractivity contribution is -0.0585. The molecular weight excluding hydrogens is 202 g/mol. The van der Waals surface area contributed by atoms with Crippen LogP contribution < -0.4 is 5.73 Å². The molecule has 3 nitrogen and oxygen atoms in total. The van der Waals surface area contributed by atoms with Crippen LogP contribution >= 0.6 is 0 Å². The van der Waals surface area contributed by atoms with E-state index < -0.39 is 0 Å². The predicted octanol–water partition coefficient (Wildman–Crippen LogP) is 2.18. The first-order valence-corrected chi connectivity index (χ1v) is 5.77. The molecule has 0 saturated carbocycles. The van der Waals surface area contributed by atoms with E-state index in [0.717, 1.165) is 5.56 Å². The van der Waals surface area contributed by atoms with Crippen LogP contribution in [0.5, 0.6) is 0 Å². The molecule has 2 atom stereocenters. The van der Waals surface area contributed by atoms with E-state index in [9.17, 15) is 0 Å². The summed E-state index contributed by atoms with van der Waals surface area (Å²) < 4.78 is 11.2. The van der Waals surface area contributed by atoms with Gasteiger partial charge in [0, 0.05) is 12.1 Å². The smallest absolute Gasteiger partial charge is 0.184 e. The van der Waals surface area contributed by atoms with E-state index in [1.54, 1.807) is 0 Å². The fraction of sp³-hybridized carbons (Fsp3) is 0.538. The maximum absolute atomic E-state index is 5.65. The first-order valence-electron chi connectivity index (χ1n) is 5.77. The molecule has 1 fully saturated rings. The maximum Gasteiger partial charge on any atom is 0.184 e. The van der Waals surface area contributed by atoms with Gasteiger partial charge in [0.2, 0.25) is 0 Å². The minimum Gasteiger partial charge on any atom is -0.346 e. The van der Waals surface area contributed by atoms with Crippen molar-refractivity contribution in [3.63, 3.8) is 0 Å². The van der Waals surface area contributed by atoms with Crippen molar-refractivity contribution in [1.82, 2.24) is 0 Å². The molecule has 1 heterocycles. The molecule has 1 aliphatic heterocycles. The van der Waals surface area contributed by atoms with E-state index in [0.29, 0.717) is 19.1 Å². The molecule has 0 aromatic heterocycles. The summed E-state index contributed by atoms with van der Waals surface area (Å²) >= 11 is 0. The number of ether oxygens (including phenoxy) is 2. The molecule has 3 heteroatoms. The molecule has 2 unspecified atom stereocenters. The standard InChI is InChI=1S/C13H19NO2/c1-9(2)10-3-5-11(6-4-10)13-15-8-12(7-14)16-13/h3-6,9,12-13H,7-8,14H2,1-2H3. The molecule has 0 radical (unpaired) electrons. The van der Waals surface area contributed by atoms with E-state index in [1.807, 2.05) is 0 Å². The zero-order chi connectivity index (χ0) is 11.5. The van der Waals surface area contributed by atoms with Gasteiger partial charge in [0.15, 0.2) is 6.29 Å². The van der Waals surface area contributed by atoms with Gasteiger partial charge in [-0.2, -0.15) is 0 Å². The largest absolute Gasteiger partial charge is 0.346 e. The van der Waals surface area contributed by atoms with Crippen molar-refractivity contribution in [2.45, 2.75) is 32.2 Å². The van der Waals surface area contributed by atoms with E-state index >= 15 is 0 Å². The van der Waals surface area contributed by atoms with E-state index in [-0.39, 0.29) is 12.4 Å². The highest BCUT2D eigenvalue weighted by Crippen LogP contribution is 2.27. The lowest BCUT2D eigenvalue weighted by Gasteiger charge is -2.12. The van der Waals surface area contributed by atoms with Crippen LogP contribution in [0, 0.1) is 0 Å². The Morgan fingerprint density at radius 2 is 2.00 bits per heavy atom. The number of hydrogen-bond donors (Lipinski definition) is 1. The first kappa shape index (κ1) is 11.6. The molecule has 0 spiro atoms. The van der Waals surface area contributed by atoms with Crippen LogP contribution in [0.4, 0.5) is 0 Å². The minimum absolute atomic E-state index is 0.0368. The lowest BCUT2D eigenvalue weighted by atomic mass is 10.0. The monoisotopic (exact) mass is 221 g/mol. The second-order valence-corrected chi connectivity index (χ2v) is 4.48. The molecule has 1 aromatic carbocycles. The van der Waals surface area contributed by atoms with Crippen molar-refractivity contribution < 1.29 is 9.47 Å². The summed E-state index contributed by atoms with van der Waals surface area (Å²) in [6.07, 6.45) is -0.204. The molecule has 0 aliphatic carbocycles. The van der Waals surface area contributed by atoms with Gasteiger partial charge >= 0.3 is 0 Å². The topological polar surface area (TPSA) is 44.5 Å². The molecule has 1 aliphatic rings. The molecule has 0 amide bonds. The van der Waals surface area contributed by atoms with Crippen molar-refractivity contribution in [3.8, 4) is 0 Å². The Balaban J connectivity index is 2.05. The molecule has 88 valence electrons. The van der Waals surface area contributed by atoms with Crippen LogP contribution in [0.2, 0.25) is 0 Å². The molecule has 16 heavy (non-hydrogen) atoms. The Bertz CT molecular complexity index is 334. The van der Waals surface area contributed by atoms with Crippen LogP contribution in [0.1, 0.15) is 37.2 Å². The summed E-state index contributed by atoms with van der Waals surface area (Å²) in [5.41, 5.74) is 7.93. The van der Waals surface area contributed by atoms with Gasteiger partial charge in [-0.05, 0) is 11.5 Å².